The first-order valence-electron chi connectivity index (χ1n) is 13.5. The smallest absolute Gasteiger partial charge is 0.330 e. The molecular formula is C33H36N2O4. The molecule has 6 nitrogen and oxygen atoms in total. The van der Waals surface area contributed by atoms with Gasteiger partial charge in [0.2, 0.25) is 0 Å². The molecule has 1 atom stereocenters. The number of esters is 1. The van der Waals surface area contributed by atoms with Crippen LogP contribution in [-0.4, -0.2) is 49.8 Å². The van der Waals surface area contributed by atoms with Gasteiger partial charge in [-0.05, 0) is 71.4 Å². The van der Waals surface area contributed by atoms with Crippen LogP contribution < -0.4 is 4.74 Å². The lowest BCUT2D eigenvalue weighted by molar-refractivity contribution is -0.134. The van der Waals surface area contributed by atoms with Crippen molar-refractivity contribution in [1.29, 1.82) is 0 Å². The molecular weight excluding hydrogens is 488 g/mol. The van der Waals surface area contributed by atoms with E-state index in [1.54, 1.807) is 7.11 Å². The molecule has 0 aliphatic heterocycles. The van der Waals surface area contributed by atoms with Crippen LogP contribution in [0.5, 0.6) is 5.75 Å². The zero-order chi connectivity index (χ0) is 27.0. The number of para-hydroxylation sites is 1. The van der Waals surface area contributed by atoms with E-state index in [0.29, 0.717) is 19.3 Å². The molecule has 0 fully saturated rings. The van der Waals surface area contributed by atoms with Gasteiger partial charge >= 0.3 is 5.97 Å². The van der Waals surface area contributed by atoms with Gasteiger partial charge in [0, 0.05) is 49.4 Å². The van der Waals surface area contributed by atoms with Gasteiger partial charge in [-0.3, -0.25) is 4.90 Å². The number of rotatable bonds is 12. The first kappa shape index (κ1) is 26.7. The molecule has 1 heterocycles. The molecule has 202 valence electrons. The summed E-state index contributed by atoms with van der Waals surface area (Å²) in [4.78, 5) is 17.6. The van der Waals surface area contributed by atoms with E-state index in [9.17, 15) is 4.79 Å². The van der Waals surface area contributed by atoms with Crippen molar-refractivity contribution in [2.24, 2.45) is 0 Å². The summed E-state index contributed by atoms with van der Waals surface area (Å²) < 4.78 is 15.6. The Kier molecular flexibility index (Phi) is 8.76. The summed E-state index contributed by atoms with van der Waals surface area (Å²) in [6.45, 7) is 2.92. The van der Waals surface area contributed by atoms with Gasteiger partial charge in [-0.2, -0.15) is 0 Å². The Bertz CT molecular complexity index is 1420. The average Bonchev–Trinajstić information content (AvgIpc) is 3.59. The SMILES string of the molecule is COCCOc1ccc(CN(CCc2c[nH]c3ccccc23)C2CCc3cc(/C=C/C(=O)OC)ccc32)cc1. The molecule has 1 aromatic heterocycles. The third-order valence-corrected chi connectivity index (χ3v) is 7.48. The predicted octanol–water partition coefficient (Wildman–Crippen LogP) is 6.11. The Labute approximate surface area is 230 Å². The van der Waals surface area contributed by atoms with Crippen molar-refractivity contribution < 1.29 is 19.0 Å². The number of aryl methyl sites for hydroxylation is 1. The lowest BCUT2D eigenvalue weighted by Gasteiger charge is -2.30. The largest absolute Gasteiger partial charge is 0.491 e. The number of ether oxygens (including phenoxy) is 3. The van der Waals surface area contributed by atoms with E-state index in [1.165, 1.54) is 46.3 Å². The van der Waals surface area contributed by atoms with Gasteiger partial charge in [0.1, 0.15) is 12.4 Å². The molecule has 0 saturated carbocycles. The van der Waals surface area contributed by atoms with E-state index in [1.807, 2.05) is 18.2 Å². The molecule has 39 heavy (non-hydrogen) atoms. The molecule has 1 N–H and O–H groups in total. The molecule has 1 aliphatic rings. The molecule has 0 spiro atoms. The van der Waals surface area contributed by atoms with E-state index in [4.69, 9.17) is 14.2 Å². The Hall–Kier alpha value is -3.87. The lowest BCUT2D eigenvalue weighted by atomic mass is 10.0. The minimum absolute atomic E-state index is 0.335. The summed E-state index contributed by atoms with van der Waals surface area (Å²) in [5.41, 5.74) is 7.55. The van der Waals surface area contributed by atoms with Crippen LogP contribution in [0.3, 0.4) is 0 Å². The second kappa shape index (κ2) is 12.8. The molecule has 0 saturated heterocycles. The fourth-order valence-electron chi connectivity index (χ4n) is 5.45. The quantitative estimate of drug-likeness (QED) is 0.138. The Balaban J connectivity index is 1.35. The highest BCUT2D eigenvalue weighted by Gasteiger charge is 2.28. The third-order valence-electron chi connectivity index (χ3n) is 7.48. The molecule has 0 radical (unpaired) electrons. The van der Waals surface area contributed by atoms with Crippen molar-refractivity contribution in [1.82, 2.24) is 9.88 Å². The van der Waals surface area contributed by atoms with Crippen molar-refractivity contribution in [2.75, 3.05) is 34.0 Å². The minimum atomic E-state index is -0.341. The first-order valence-corrected chi connectivity index (χ1v) is 13.5. The number of hydrogen-bond acceptors (Lipinski definition) is 5. The highest BCUT2D eigenvalue weighted by atomic mass is 16.5. The van der Waals surface area contributed by atoms with Gasteiger partial charge in [0.25, 0.3) is 0 Å². The van der Waals surface area contributed by atoms with E-state index in [-0.39, 0.29) is 5.97 Å². The molecule has 6 heteroatoms. The number of hydrogen-bond donors (Lipinski definition) is 1. The Morgan fingerprint density at radius 3 is 2.72 bits per heavy atom. The van der Waals surface area contributed by atoms with Gasteiger partial charge in [-0.1, -0.05) is 48.5 Å². The summed E-state index contributed by atoms with van der Waals surface area (Å²) in [7, 11) is 3.07. The van der Waals surface area contributed by atoms with Crippen molar-refractivity contribution in [2.45, 2.75) is 31.8 Å². The molecule has 5 rings (SSSR count). The Morgan fingerprint density at radius 2 is 1.90 bits per heavy atom. The first-order chi connectivity index (χ1) is 19.1. The standard InChI is InChI=1S/C33H36N2O4/c1-37-19-20-39-28-12-7-25(8-13-28)23-35(18-17-27-22-34-31-6-4-3-5-29(27)31)32-15-11-26-21-24(9-14-30(26)32)10-16-33(36)38-2/h3-10,12-14,16,21-22,32,34H,11,15,17-20,23H2,1-2H3/b16-10+. The average molecular weight is 525 g/mol. The van der Waals surface area contributed by atoms with E-state index < -0.39 is 0 Å². The second-order valence-electron chi connectivity index (χ2n) is 9.93. The van der Waals surface area contributed by atoms with Crippen LogP contribution in [0.1, 0.15) is 40.3 Å². The van der Waals surface area contributed by atoms with Crippen molar-refractivity contribution in [3.63, 3.8) is 0 Å². The number of nitrogens with one attached hydrogen (secondary N) is 1. The van der Waals surface area contributed by atoms with Gasteiger partial charge in [0.05, 0.1) is 13.7 Å². The second-order valence-corrected chi connectivity index (χ2v) is 9.93. The summed E-state index contributed by atoms with van der Waals surface area (Å²) in [6, 6.07) is 23.8. The number of H-pyrrole nitrogens is 1. The van der Waals surface area contributed by atoms with Crippen LogP contribution in [0.25, 0.3) is 17.0 Å². The highest BCUT2D eigenvalue weighted by Crippen LogP contribution is 2.37. The molecule has 4 aromatic rings. The van der Waals surface area contributed by atoms with Crippen molar-refractivity contribution in [3.8, 4) is 5.75 Å². The van der Waals surface area contributed by atoms with Crippen LogP contribution >= 0.6 is 0 Å². The van der Waals surface area contributed by atoms with E-state index in [0.717, 1.165) is 43.7 Å². The third kappa shape index (κ3) is 6.59. The number of fused-ring (bicyclic) bond motifs is 2. The molecule has 3 aromatic carbocycles. The summed E-state index contributed by atoms with van der Waals surface area (Å²) >= 11 is 0. The molecule has 1 unspecified atom stereocenters. The lowest BCUT2D eigenvalue weighted by Crippen LogP contribution is -2.29. The maximum Gasteiger partial charge on any atom is 0.330 e. The highest BCUT2D eigenvalue weighted by molar-refractivity contribution is 5.87. The number of carbonyl (C=O) groups is 1. The molecule has 1 aliphatic carbocycles. The normalized spacial score (nSPS) is 14.8. The van der Waals surface area contributed by atoms with Crippen LogP contribution in [-0.2, 0) is 33.7 Å². The summed E-state index contributed by atoms with van der Waals surface area (Å²) in [5, 5.41) is 1.30. The topological polar surface area (TPSA) is 63.8 Å². The van der Waals surface area contributed by atoms with Crippen LogP contribution in [0.2, 0.25) is 0 Å². The number of aromatic nitrogens is 1. The fourth-order valence-corrected chi connectivity index (χ4v) is 5.45. The maximum absolute atomic E-state index is 11.5. The van der Waals surface area contributed by atoms with E-state index >= 15 is 0 Å². The van der Waals surface area contributed by atoms with Crippen molar-refractivity contribution in [3.05, 3.63) is 107 Å². The fraction of sp³-hybridized carbons (Fsp3) is 0.303. The number of methoxy groups -OCH3 is 2. The monoisotopic (exact) mass is 524 g/mol. The van der Waals surface area contributed by atoms with Crippen LogP contribution in [0.4, 0.5) is 0 Å². The van der Waals surface area contributed by atoms with Gasteiger partial charge < -0.3 is 19.2 Å². The van der Waals surface area contributed by atoms with Crippen LogP contribution in [0.15, 0.2) is 79.0 Å². The number of benzene rings is 3. The number of nitrogens with zero attached hydrogens (tertiary/aromatic N) is 1. The number of aromatic amines is 1. The van der Waals surface area contributed by atoms with Gasteiger partial charge in [0.15, 0.2) is 0 Å². The number of carbonyl (C=O) groups excluding carboxylic acids is 1. The maximum atomic E-state index is 11.5. The van der Waals surface area contributed by atoms with Crippen LogP contribution in [0, 0.1) is 0 Å². The summed E-state index contributed by atoms with van der Waals surface area (Å²) in [6.07, 6.45) is 8.52. The molecule has 0 amide bonds. The minimum Gasteiger partial charge on any atom is -0.491 e. The predicted molar refractivity (Wildman–Crippen MR) is 155 cm³/mol. The van der Waals surface area contributed by atoms with E-state index in [2.05, 4.69) is 70.7 Å². The zero-order valence-corrected chi connectivity index (χ0v) is 22.7. The zero-order valence-electron chi connectivity index (χ0n) is 22.7. The van der Waals surface area contributed by atoms with Gasteiger partial charge in [-0.15, -0.1) is 0 Å². The van der Waals surface area contributed by atoms with Crippen molar-refractivity contribution >= 4 is 22.9 Å². The Morgan fingerprint density at radius 1 is 1.05 bits per heavy atom. The molecule has 0 bridgehead atoms. The van der Waals surface area contributed by atoms with Gasteiger partial charge in [-0.25, -0.2) is 4.79 Å². The summed E-state index contributed by atoms with van der Waals surface area (Å²) in [5.74, 6) is 0.520.